The van der Waals surface area contributed by atoms with Crippen LogP contribution in [-0.4, -0.2) is 45.1 Å². The van der Waals surface area contributed by atoms with E-state index < -0.39 is 9.84 Å². The minimum Gasteiger partial charge on any atom is -0.329 e. The number of carbonyl (C=O) groups is 1. The number of nitrogens with zero attached hydrogens (tertiary/aromatic N) is 1. The summed E-state index contributed by atoms with van der Waals surface area (Å²) >= 11 is 6.31. The topological polar surface area (TPSA) is 66.5 Å². The third kappa shape index (κ3) is 4.38. The van der Waals surface area contributed by atoms with Gasteiger partial charge in [-0.1, -0.05) is 29.8 Å². The molecule has 2 aromatic carbocycles. The van der Waals surface area contributed by atoms with Crippen molar-refractivity contribution in [1.82, 2.24) is 10.2 Å². The van der Waals surface area contributed by atoms with E-state index in [1.807, 2.05) is 24.3 Å². The van der Waals surface area contributed by atoms with Gasteiger partial charge in [-0.25, -0.2) is 8.42 Å². The molecule has 26 heavy (non-hydrogen) atoms. The summed E-state index contributed by atoms with van der Waals surface area (Å²) in [5.74, 6) is -0.133. The molecule has 2 aromatic rings. The molecular weight excluding hydrogens is 395 g/mol. The van der Waals surface area contributed by atoms with Gasteiger partial charge in [0.1, 0.15) is 0 Å². The number of amides is 1. The van der Waals surface area contributed by atoms with Crippen molar-refractivity contribution in [3.63, 3.8) is 0 Å². The number of benzene rings is 2. The summed E-state index contributed by atoms with van der Waals surface area (Å²) in [5, 5.41) is 3.92. The van der Waals surface area contributed by atoms with E-state index in [1.54, 1.807) is 17.0 Å². The monoisotopic (exact) mass is 414 g/mol. The molecule has 1 aliphatic heterocycles. The van der Waals surface area contributed by atoms with Crippen LogP contribution in [-0.2, 0) is 9.84 Å². The fraction of sp³-hybridized carbons (Fsp3) is 0.278. The molecule has 1 atom stereocenters. The van der Waals surface area contributed by atoms with E-state index in [9.17, 15) is 13.2 Å². The molecular formula is C18H20Cl2N2O3S. The Hall–Kier alpha value is -1.60. The predicted molar refractivity (Wildman–Crippen MR) is 105 cm³/mol. The van der Waals surface area contributed by atoms with E-state index >= 15 is 0 Å². The molecule has 1 saturated heterocycles. The van der Waals surface area contributed by atoms with Gasteiger partial charge < -0.3 is 10.2 Å². The smallest absolute Gasteiger partial charge is 0.254 e. The Morgan fingerprint density at radius 2 is 1.81 bits per heavy atom. The molecule has 0 bridgehead atoms. The van der Waals surface area contributed by atoms with Crippen molar-refractivity contribution in [3.05, 3.63) is 64.7 Å². The Morgan fingerprint density at radius 3 is 2.42 bits per heavy atom. The highest BCUT2D eigenvalue weighted by Crippen LogP contribution is 2.29. The van der Waals surface area contributed by atoms with Crippen LogP contribution in [0.2, 0.25) is 5.02 Å². The lowest BCUT2D eigenvalue weighted by Gasteiger charge is -2.37. The van der Waals surface area contributed by atoms with Crippen molar-refractivity contribution in [3.8, 4) is 0 Å². The van der Waals surface area contributed by atoms with Crippen LogP contribution in [0.1, 0.15) is 22.0 Å². The standard InChI is InChI=1S/C18H19ClN2O3S.ClH/c1-25(23,24)14-8-6-13(7-9-14)18(22)21-11-10-20-12-17(21)15-4-2-3-5-16(15)19;/h2-9,17,20H,10-12H2,1H3;1H. The molecule has 1 heterocycles. The molecule has 5 nitrogen and oxygen atoms in total. The van der Waals surface area contributed by atoms with Crippen LogP contribution < -0.4 is 5.32 Å². The summed E-state index contributed by atoms with van der Waals surface area (Å²) in [6, 6.07) is 13.4. The van der Waals surface area contributed by atoms with Crippen LogP contribution in [0.5, 0.6) is 0 Å². The van der Waals surface area contributed by atoms with Gasteiger partial charge in [-0.2, -0.15) is 0 Å². The Bertz CT molecular complexity index is 886. The zero-order chi connectivity index (χ0) is 18.0. The van der Waals surface area contributed by atoms with Crippen molar-refractivity contribution >= 4 is 39.8 Å². The third-order valence-corrected chi connectivity index (χ3v) is 5.77. The maximum absolute atomic E-state index is 13.0. The summed E-state index contributed by atoms with van der Waals surface area (Å²) in [5.41, 5.74) is 1.36. The first kappa shape index (κ1) is 20.7. The quantitative estimate of drug-likeness (QED) is 0.837. The van der Waals surface area contributed by atoms with Crippen molar-refractivity contribution in [2.75, 3.05) is 25.9 Å². The van der Waals surface area contributed by atoms with Crippen molar-refractivity contribution in [2.45, 2.75) is 10.9 Å². The number of hydrogen-bond donors (Lipinski definition) is 1. The number of rotatable bonds is 3. The van der Waals surface area contributed by atoms with E-state index in [1.165, 1.54) is 12.1 Å². The Morgan fingerprint density at radius 1 is 1.15 bits per heavy atom. The number of nitrogens with one attached hydrogen (secondary N) is 1. The first-order valence-electron chi connectivity index (χ1n) is 7.94. The van der Waals surface area contributed by atoms with E-state index in [0.29, 0.717) is 30.2 Å². The van der Waals surface area contributed by atoms with Gasteiger partial charge in [0.15, 0.2) is 9.84 Å². The van der Waals surface area contributed by atoms with Crippen LogP contribution in [0.3, 0.4) is 0 Å². The van der Waals surface area contributed by atoms with Crippen LogP contribution in [0.15, 0.2) is 53.4 Å². The summed E-state index contributed by atoms with van der Waals surface area (Å²) < 4.78 is 23.1. The molecule has 3 rings (SSSR count). The molecule has 1 amide bonds. The van der Waals surface area contributed by atoms with E-state index in [4.69, 9.17) is 11.6 Å². The summed E-state index contributed by atoms with van der Waals surface area (Å²) in [7, 11) is -3.28. The minimum absolute atomic E-state index is 0. The normalized spacial score (nSPS) is 17.5. The van der Waals surface area contributed by atoms with Crippen LogP contribution in [0.4, 0.5) is 0 Å². The van der Waals surface area contributed by atoms with Gasteiger partial charge in [0.2, 0.25) is 0 Å². The highest BCUT2D eigenvalue weighted by atomic mass is 35.5. The van der Waals surface area contributed by atoms with Gasteiger partial charge in [-0.05, 0) is 35.9 Å². The lowest BCUT2D eigenvalue weighted by Crippen LogP contribution is -2.48. The molecule has 1 N–H and O–H groups in total. The second-order valence-corrected chi connectivity index (χ2v) is 8.46. The number of piperazine rings is 1. The molecule has 0 aromatic heterocycles. The number of halogens is 2. The van der Waals surface area contributed by atoms with Crippen LogP contribution in [0.25, 0.3) is 0 Å². The lowest BCUT2D eigenvalue weighted by atomic mass is 10.0. The first-order valence-corrected chi connectivity index (χ1v) is 10.2. The SMILES string of the molecule is CS(=O)(=O)c1ccc(C(=O)N2CCNCC2c2ccccc2Cl)cc1.Cl. The summed E-state index contributed by atoms with van der Waals surface area (Å²) in [4.78, 5) is 14.9. The Kier molecular flexibility index (Phi) is 6.69. The van der Waals surface area contributed by atoms with Gasteiger partial charge in [0.05, 0.1) is 10.9 Å². The molecule has 0 aliphatic carbocycles. The van der Waals surface area contributed by atoms with Gasteiger partial charge in [-0.3, -0.25) is 4.79 Å². The molecule has 0 saturated carbocycles. The maximum atomic E-state index is 13.0. The highest BCUT2D eigenvalue weighted by molar-refractivity contribution is 7.90. The zero-order valence-electron chi connectivity index (χ0n) is 14.2. The van der Waals surface area contributed by atoms with Crippen molar-refractivity contribution in [1.29, 1.82) is 0 Å². The summed E-state index contributed by atoms with van der Waals surface area (Å²) in [6.07, 6.45) is 1.15. The van der Waals surface area contributed by atoms with Crippen LogP contribution in [0, 0.1) is 0 Å². The first-order chi connectivity index (χ1) is 11.9. The molecule has 0 radical (unpaired) electrons. The minimum atomic E-state index is -3.28. The van der Waals surface area contributed by atoms with E-state index in [0.717, 1.165) is 11.8 Å². The van der Waals surface area contributed by atoms with Gasteiger partial charge in [0, 0.05) is 36.5 Å². The maximum Gasteiger partial charge on any atom is 0.254 e. The average molecular weight is 415 g/mol. The molecule has 140 valence electrons. The highest BCUT2D eigenvalue weighted by Gasteiger charge is 2.29. The molecule has 1 fully saturated rings. The lowest BCUT2D eigenvalue weighted by molar-refractivity contribution is 0.0634. The van der Waals surface area contributed by atoms with Gasteiger partial charge >= 0.3 is 0 Å². The fourth-order valence-electron chi connectivity index (χ4n) is 2.98. The second-order valence-electron chi connectivity index (χ2n) is 6.04. The molecule has 8 heteroatoms. The molecule has 0 spiro atoms. The Labute approximate surface area is 164 Å². The van der Waals surface area contributed by atoms with E-state index in [2.05, 4.69) is 5.32 Å². The third-order valence-electron chi connectivity index (χ3n) is 4.30. The summed E-state index contributed by atoms with van der Waals surface area (Å²) in [6.45, 7) is 1.88. The fourth-order valence-corrected chi connectivity index (χ4v) is 3.87. The van der Waals surface area contributed by atoms with Crippen molar-refractivity contribution in [2.24, 2.45) is 0 Å². The average Bonchev–Trinajstić information content (AvgIpc) is 2.61. The predicted octanol–water partition coefficient (Wildman–Crippen LogP) is 2.95. The largest absolute Gasteiger partial charge is 0.329 e. The van der Waals surface area contributed by atoms with Gasteiger partial charge in [0.25, 0.3) is 5.91 Å². The van der Waals surface area contributed by atoms with Crippen molar-refractivity contribution < 1.29 is 13.2 Å². The zero-order valence-corrected chi connectivity index (χ0v) is 16.6. The number of sulfone groups is 1. The van der Waals surface area contributed by atoms with Gasteiger partial charge in [-0.15, -0.1) is 12.4 Å². The van der Waals surface area contributed by atoms with E-state index in [-0.39, 0.29) is 29.3 Å². The number of carbonyl (C=O) groups excluding carboxylic acids is 1. The number of hydrogen-bond acceptors (Lipinski definition) is 4. The van der Waals surface area contributed by atoms with Crippen LogP contribution >= 0.6 is 24.0 Å². The molecule has 1 aliphatic rings. The molecule has 1 unspecified atom stereocenters. The Balaban J connectivity index is 0.00000243. The second kappa shape index (κ2) is 8.39.